The van der Waals surface area contributed by atoms with E-state index in [2.05, 4.69) is 5.32 Å². The molecule has 2 rings (SSSR count). The number of hydrogen-bond donors (Lipinski definition) is 2. The Labute approximate surface area is 121 Å². The van der Waals surface area contributed by atoms with Crippen LogP contribution in [0.5, 0.6) is 0 Å². The lowest BCUT2D eigenvalue weighted by Gasteiger charge is -2.39. The third-order valence-electron chi connectivity index (χ3n) is 3.71. The molecule has 0 saturated carbocycles. The summed E-state index contributed by atoms with van der Waals surface area (Å²) in [6.45, 7) is 3.01. The van der Waals surface area contributed by atoms with Gasteiger partial charge in [0.1, 0.15) is 19.1 Å². The number of carbonyl (C=O) groups is 4. The molecule has 0 spiro atoms. The molecule has 1 unspecified atom stereocenters. The molecular formula is C12H18N4O5. The highest BCUT2D eigenvalue weighted by Gasteiger charge is 2.32. The predicted molar refractivity (Wildman–Crippen MR) is 70.4 cm³/mol. The van der Waals surface area contributed by atoms with Crippen molar-refractivity contribution in [3.05, 3.63) is 0 Å². The van der Waals surface area contributed by atoms with Crippen molar-refractivity contribution in [2.75, 3.05) is 39.3 Å². The fourth-order valence-corrected chi connectivity index (χ4v) is 2.43. The van der Waals surface area contributed by atoms with Gasteiger partial charge in [-0.25, -0.2) is 4.79 Å². The first kappa shape index (κ1) is 15.2. The van der Waals surface area contributed by atoms with Crippen molar-refractivity contribution in [2.45, 2.75) is 13.0 Å². The summed E-state index contributed by atoms with van der Waals surface area (Å²) in [6, 6.07) is -0.953. The molecule has 4 amide bonds. The average molecular weight is 298 g/mol. The van der Waals surface area contributed by atoms with Gasteiger partial charge in [0.2, 0.25) is 11.8 Å². The molecule has 0 aromatic heterocycles. The molecule has 0 bridgehead atoms. The predicted octanol–water partition coefficient (Wildman–Crippen LogP) is -1.84. The molecule has 21 heavy (non-hydrogen) atoms. The molecule has 2 fully saturated rings. The van der Waals surface area contributed by atoms with Crippen molar-refractivity contribution in [3.63, 3.8) is 0 Å². The van der Waals surface area contributed by atoms with Crippen molar-refractivity contribution in [1.82, 2.24) is 20.0 Å². The van der Waals surface area contributed by atoms with Crippen molar-refractivity contribution in [1.29, 1.82) is 0 Å². The van der Waals surface area contributed by atoms with Gasteiger partial charge < -0.3 is 14.9 Å². The summed E-state index contributed by atoms with van der Waals surface area (Å²) in [5.74, 6) is -1.87. The molecule has 2 saturated heterocycles. The number of carboxylic acids is 1. The topological polar surface area (TPSA) is 110 Å². The summed E-state index contributed by atoms with van der Waals surface area (Å²) in [7, 11) is 0. The molecule has 9 nitrogen and oxygen atoms in total. The van der Waals surface area contributed by atoms with E-state index in [9.17, 15) is 19.2 Å². The van der Waals surface area contributed by atoms with E-state index in [-0.39, 0.29) is 19.1 Å². The van der Waals surface area contributed by atoms with Crippen LogP contribution in [0.3, 0.4) is 0 Å². The second-order valence-corrected chi connectivity index (χ2v) is 5.15. The lowest BCUT2D eigenvalue weighted by molar-refractivity contribution is -0.143. The van der Waals surface area contributed by atoms with Gasteiger partial charge in [-0.2, -0.15) is 0 Å². The first-order chi connectivity index (χ1) is 9.88. The van der Waals surface area contributed by atoms with Gasteiger partial charge in [0.15, 0.2) is 0 Å². The Hall–Kier alpha value is -2.16. The number of nitrogens with one attached hydrogen (secondary N) is 1. The Kier molecular flexibility index (Phi) is 4.41. The van der Waals surface area contributed by atoms with Crippen LogP contribution in [0, 0.1) is 0 Å². The van der Waals surface area contributed by atoms with Gasteiger partial charge >= 0.3 is 12.0 Å². The van der Waals surface area contributed by atoms with Gasteiger partial charge in [0, 0.05) is 26.2 Å². The Morgan fingerprint density at radius 1 is 1.05 bits per heavy atom. The second kappa shape index (κ2) is 6.08. The summed E-state index contributed by atoms with van der Waals surface area (Å²) in [5, 5.41) is 11.1. The molecule has 116 valence electrons. The summed E-state index contributed by atoms with van der Waals surface area (Å²) in [4.78, 5) is 50.2. The standard InChI is InChI=1S/C12H18N4O5/c1-8(11(19)20)14-2-4-15(5-3-14)12(21)16-6-9(17)13-10(18)7-16/h8H,2-7H2,1H3,(H,19,20)(H,13,17,18). The second-order valence-electron chi connectivity index (χ2n) is 5.15. The fourth-order valence-electron chi connectivity index (χ4n) is 2.43. The number of aliphatic carboxylic acids is 1. The maximum absolute atomic E-state index is 12.2. The maximum Gasteiger partial charge on any atom is 0.321 e. The summed E-state index contributed by atoms with van der Waals surface area (Å²) >= 11 is 0. The minimum absolute atomic E-state index is 0.129. The van der Waals surface area contributed by atoms with Crippen LogP contribution in [0.4, 0.5) is 4.79 Å². The molecule has 0 aliphatic carbocycles. The Bertz CT molecular complexity index is 456. The van der Waals surface area contributed by atoms with E-state index >= 15 is 0 Å². The Morgan fingerprint density at radius 3 is 2.05 bits per heavy atom. The van der Waals surface area contributed by atoms with E-state index in [1.807, 2.05) is 0 Å². The zero-order valence-corrected chi connectivity index (χ0v) is 11.7. The monoisotopic (exact) mass is 298 g/mol. The highest BCUT2D eigenvalue weighted by atomic mass is 16.4. The number of carbonyl (C=O) groups excluding carboxylic acids is 3. The molecule has 9 heteroatoms. The highest BCUT2D eigenvalue weighted by molar-refractivity contribution is 6.02. The molecule has 2 aliphatic heterocycles. The smallest absolute Gasteiger partial charge is 0.321 e. The van der Waals surface area contributed by atoms with Crippen LogP contribution in [0.1, 0.15) is 6.92 Å². The van der Waals surface area contributed by atoms with E-state index in [1.54, 1.807) is 11.8 Å². The summed E-state index contributed by atoms with van der Waals surface area (Å²) < 4.78 is 0. The lowest BCUT2D eigenvalue weighted by atomic mass is 10.2. The number of amides is 4. The quantitative estimate of drug-likeness (QED) is 0.579. The summed E-state index contributed by atoms with van der Waals surface area (Å²) in [5.41, 5.74) is 0. The largest absolute Gasteiger partial charge is 0.480 e. The molecule has 0 aromatic rings. The number of hydrogen-bond acceptors (Lipinski definition) is 5. The van der Waals surface area contributed by atoms with E-state index < -0.39 is 23.8 Å². The van der Waals surface area contributed by atoms with Crippen LogP contribution < -0.4 is 5.32 Å². The number of urea groups is 1. The molecule has 2 aliphatic rings. The molecule has 2 N–H and O–H groups in total. The SMILES string of the molecule is CC(C(=O)O)N1CCN(C(=O)N2CC(=O)NC(=O)C2)CC1. The summed E-state index contributed by atoms with van der Waals surface area (Å²) in [6.07, 6.45) is 0. The molecular weight excluding hydrogens is 280 g/mol. The van der Waals surface area contributed by atoms with Crippen molar-refractivity contribution >= 4 is 23.8 Å². The fraction of sp³-hybridized carbons (Fsp3) is 0.667. The first-order valence-electron chi connectivity index (χ1n) is 6.72. The minimum atomic E-state index is -0.895. The van der Waals surface area contributed by atoms with Gasteiger partial charge in [-0.15, -0.1) is 0 Å². The number of imide groups is 1. The zero-order valence-electron chi connectivity index (χ0n) is 11.7. The van der Waals surface area contributed by atoms with Gasteiger partial charge in [-0.1, -0.05) is 0 Å². The van der Waals surface area contributed by atoms with Gasteiger partial charge in [0.25, 0.3) is 0 Å². The van der Waals surface area contributed by atoms with Gasteiger partial charge in [0.05, 0.1) is 0 Å². The maximum atomic E-state index is 12.2. The van der Waals surface area contributed by atoms with E-state index in [0.717, 1.165) is 0 Å². The van der Waals surface area contributed by atoms with Crippen molar-refractivity contribution in [3.8, 4) is 0 Å². The number of piperazine rings is 2. The van der Waals surface area contributed by atoms with Crippen molar-refractivity contribution < 1.29 is 24.3 Å². The Morgan fingerprint density at radius 2 is 1.57 bits per heavy atom. The number of rotatable bonds is 2. The number of nitrogens with zero attached hydrogens (tertiary/aromatic N) is 3. The highest BCUT2D eigenvalue weighted by Crippen LogP contribution is 2.10. The molecule has 0 aromatic carbocycles. The zero-order chi connectivity index (χ0) is 15.6. The van der Waals surface area contributed by atoms with Crippen LogP contribution in [0.25, 0.3) is 0 Å². The molecule has 1 atom stereocenters. The number of carboxylic acid groups (broad SMARTS) is 1. The van der Waals surface area contributed by atoms with E-state index in [4.69, 9.17) is 5.11 Å². The van der Waals surface area contributed by atoms with Crippen LogP contribution >= 0.6 is 0 Å². The van der Waals surface area contributed by atoms with Crippen molar-refractivity contribution in [2.24, 2.45) is 0 Å². The first-order valence-corrected chi connectivity index (χ1v) is 6.72. The normalized spacial score (nSPS) is 22.0. The Balaban J connectivity index is 1.90. The third kappa shape index (κ3) is 3.48. The van der Waals surface area contributed by atoms with Crippen LogP contribution in [-0.2, 0) is 14.4 Å². The average Bonchev–Trinajstić information content (AvgIpc) is 2.44. The van der Waals surface area contributed by atoms with Gasteiger partial charge in [-0.3, -0.25) is 24.6 Å². The van der Waals surface area contributed by atoms with E-state index in [0.29, 0.717) is 26.2 Å². The van der Waals surface area contributed by atoms with Crippen LogP contribution in [0.2, 0.25) is 0 Å². The molecule has 2 heterocycles. The minimum Gasteiger partial charge on any atom is -0.480 e. The van der Waals surface area contributed by atoms with E-state index in [1.165, 1.54) is 9.80 Å². The van der Waals surface area contributed by atoms with Gasteiger partial charge in [-0.05, 0) is 6.92 Å². The molecule has 0 radical (unpaired) electrons. The van der Waals surface area contributed by atoms with Crippen LogP contribution in [0.15, 0.2) is 0 Å². The van der Waals surface area contributed by atoms with Crippen LogP contribution in [-0.4, -0.2) is 88.9 Å². The lowest BCUT2D eigenvalue weighted by Crippen LogP contribution is -2.60. The third-order valence-corrected chi connectivity index (χ3v) is 3.71.